The van der Waals surface area contributed by atoms with Crippen molar-refractivity contribution in [3.63, 3.8) is 0 Å². The molecule has 0 spiro atoms. The number of amides is 1. The molecule has 20 heavy (non-hydrogen) atoms. The molecule has 5 nitrogen and oxygen atoms in total. The molecule has 108 valence electrons. The Morgan fingerprint density at radius 2 is 2.40 bits per heavy atom. The minimum Gasteiger partial charge on any atom is -0.337 e. The molecule has 1 unspecified atom stereocenters. The fourth-order valence-electron chi connectivity index (χ4n) is 1.92. The summed E-state index contributed by atoms with van der Waals surface area (Å²) >= 11 is 0. The Bertz CT molecular complexity index is 441. The maximum atomic E-state index is 12.4. The average molecular weight is 274 g/mol. The van der Waals surface area contributed by atoms with Crippen LogP contribution < -0.4 is 5.32 Å². The van der Waals surface area contributed by atoms with Crippen molar-refractivity contribution in [1.82, 2.24) is 15.2 Å². The molecule has 1 heterocycles. The topological polar surface area (TPSA) is 69.0 Å². The monoisotopic (exact) mass is 274 g/mol. The number of hydrogen-bond acceptors (Lipinski definition) is 4. The Hall–Kier alpha value is -1.93. The summed E-state index contributed by atoms with van der Waals surface area (Å²) in [4.78, 5) is 18.2. The second-order valence-electron chi connectivity index (χ2n) is 4.74. The van der Waals surface area contributed by atoms with Gasteiger partial charge in [0.15, 0.2) is 0 Å². The molecule has 1 aromatic heterocycles. The van der Waals surface area contributed by atoms with Crippen LogP contribution in [0.3, 0.4) is 0 Å². The highest BCUT2D eigenvalue weighted by atomic mass is 16.2. The lowest BCUT2D eigenvalue weighted by Gasteiger charge is -2.25. The number of carbonyl (C=O) groups is 1. The SMILES string of the molecule is CCNCC(C)C(=O)N(CCC#N)Cc1cccnc1. The van der Waals surface area contributed by atoms with Gasteiger partial charge >= 0.3 is 0 Å². The molecule has 1 aromatic rings. The number of carbonyl (C=O) groups excluding carboxylic acids is 1. The summed E-state index contributed by atoms with van der Waals surface area (Å²) in [5, 5.41) is 11.9. The zero-order chi connectivity index (χ0) is 14.8. The van der Waals surface area contributed by atoms with Gasteiger partial charge in [-0.2, -0.15) is 5.26 Å². The molecule has 0 bridgehead atoms. The van der Waals surface area contributed by atoms with Gasteiger partial charge in [0, 0.05) is 37.9 Å². The third-order valence-corrected chi connectivity index (χ3v) is 3.02. The average Bonchev–Trinajstić information content (AvgIpc) is 2.49. The fraction of sp³-hybridized carbons (Fsp3) is 0.533. The van der Waals surface area contributed by atoms with Gasteiger partial charge in [-0.1, -0.05) is 19.9 Å². The number of nitriles is 1. The standard InChI is InChI=1S/C15H22N4O/c1-3-17-10-13(2)15(20)19(9-5-7-16)12-14-6-4-8-18-11-14/h4,6,8,11,13,17H,3,5,9-10,12H2,1-2H3. The van der Waals surface area contributed by atoms with E-state index in [1.54, 1.807) is 17.3 Å². The Kier molecular flexibility index (Phi) is 7.30. The molecule has 1 rings (SSSR count). The fourth-order valence-corrected chi connectivity index (χ4v) is 1.92. The van der Waals surface area contributed by atoms with E-state index >= 15 is 0 Å². The van der Waals surface area contributed by atoms with Gasteiger partial charge in [0.05, 0.1) is 12.5 Å². The molecule has 0 aliphatic rings. The van der Waals surface area contributed by atoms with E-state index in [9.17, 15) is 4.79 Å². The van der Waals surface area contributed by atoms with E-state index in [4.69, 9.17) is 5.26 Å². The van der Waals surface area contributed by atoms with Crippen molar-refractivity contribution in [2.75, 3.05) is 19.6 Å². The molecule has 0 saturated heterocycles. The number of nitrogens with zero attached hydrogens (tertiary/aromatic N) is 3. The number of aromatic nitrogens is 1. The van der Waals surface area contributed by atoms with Gasteiger partial charge < -0.3 is 10.2 Å². The Morgan fingerprint density at radius 1 is 1.60 bits per heavy atom. The predicted molar refractivity (Wildman–Crippen MR) is 77.6 cm³/mol. The van der Waals surface area contributed by atoms with Crippen LogP contribution in [0, 0.1) is 17.2 Å². The van der Waals surface area contributed by atoms with Crippen molar-refractivity contribution in [2.24, 2.45) is 5.92 Å². The molecular weight excluding hydrogens is 252 g/mol. The molecule has 5 heteroatoms. The van der Waals surface area contributed by atoms with Crippen molar-refractivity contribution in [3.8, 4) is 6.07 Å². The highest BCUT2D eigenvalue weighted by molar-refractivity contribution is 5.78. The highest BCUT2D eigenvalue weighted by Crippen LogP contribution is 2.09. The van der Waals surface area contributed by atoms with E-state index in [1.165, 1.54) is 0 Å². The van der Waals surface area contributed by atoms with E-state index in [1.807, 2.05) is 26.0 Å². The summed E-state index contributed by atoms with van der Waals surface area (Å²) in [7, 11) is 0. The number of hydrogen-bond donors (Lipinski definition) is 1. The minimum absolute atomic E-state index is 0.0741. The van der Waals surface area contributed by atoms with Crippen LogP contribution in [0.4, 0.5) is 0 Å². The van der Waals surface area contributed by atoms with Crippen molar-refractivity contribution in [1.29, 1.82) is 5.26 Å². The maximum Gasteiger partial charge on any atom is 0.227 e. The number of rotatable bonds is 8. The summed E-state index contributed by atoms with van der Waals surface area (Å²) in [6.45, 7) is 6.39. The first kappa shape index (κ1) is 16.1. The lowest BCUT2D eigenvalue weighted by atomic mass is 10.1. The van der Waals surface area contributed by atoms with Crippen LogP contribution in [0.5, 0.6) is 0 Å². The Labute approximate surface area is 120 Å². The first-order valence-corrected chi connectivity index (χ1v) is 6.94. The molecule has 1 atom stereocenters. The molecule has 0 aromatic carbocycles. The zero-order valence-electron chi connectivity index (χ0n) is 12.2. The van der Waals surface area contributed by atoms with Crippen molar-refractivity contribution < 1.29 is 4.79 Å². The van der Waals surface area contributed by atoms with Crippen molar-refractivity contribution in [3.05, 3.63) is 30.1 Å². The summed E-state index contributed by atoms with van der Waals surface area (Å²) in [5.74, 6) is -0.0182. The van der Waals surface area contributed by atoms with Crippen LogP contribution in [-0.4, -0.2) is 35.4 Å². The predicted octanol–water partition coefficient (Wildman–Crippen LogP) is 1.57. The molecule has 1 N–H and O–H groups in total. The second kappa shape index (κ2) is 9.05. The van der Waals surface area contributed by atoms with Gasteiger partial charge in [-0.3, -0.25) is 9.78 Å². The van der Waals surface area contributed by atoms with Gasteiger partial charge in [0.2, 0.25) is 5.91 Å². The van der Waals surface area contributed by atoms with Crippen LogP contribution in [0.1, 0.15) is 25.8 Å². The first-order chi connectivity index (χ1) is 9.69. The second-order valence-corrected chi connectivity index (χ2v) is 4.74. The highest BCUT2D eigenvalue weighted by Gasteiger charge is 2.20. The summed E-state index contributed by atoms with van der Waals surface area (Å²) in [5.41, 5.74) is 0.981. The molecular formula is C15H22N4O. The van der Waals surface area contributed by atoms with Gasteiger partial charge in [0.25, 0.3) is 0 Å². The third kappa shape index (κ3) is 5.37. The maximum absolute atomic E-state index is 12.4. The summed E-state index contributed by atoms with van der Waals surface area (Å²) in [6, 6.07) is 5.89. The van der Waals surface area contributed by atoms with Gasteiger partial charge in [-0.15, -0.1) is 0 Å². The number of nitrogens with one attached hydrogen (secondary N) is 1. The van der Waals surface area contributed by atoms with E-state index in [2.05, 4.69) is 16.4 Å². The first-order valence-electron chi connectivity index (χ1n) is 6.94. The molecule has 0 aliphatic carbocycles. The molecule has 0 aliphatic heterocycles. The minimum atomic E-state index is -0.0923. The normalized spacial score (nSPS) is 11.7. The summed E-state index contributed by atoms with van der Waals surface area (Å²) in [6.07, 6.45) is 3.81. The van der Waals surface area contributed by atoms with Gasteiger partial charge in [-0.05, 0) is 18.2 Å². The van der Waals surface area contributed by atoms with E-state index in [-0.39, 0.29) is 11.8 Å². The van der Waals surface area contributed by atoms with E-state index in [0.717, 1.165) is 12.1 Å². The van der Waals surface area contributed by atoms with Crippen LogP contribution >= 0.6 is 0 Å². The number of pyridine rings is 1. The molecule has 0 saturated carbocycles. The van der Waals surface area contributed by atoms with Gasteiger partial charge in [0.1, 0.15) is 0 Å². The van der Waals surface area contributed by atoms with Gasteiger partial charge in [-0.25, -0.2) is 0 Å². The van der Waals surface area contributed by atoms with Crippen molar-refractivity contribution in [2.45, 2.75) is 26.8 Å². The quantitative estimate of drug-likeness (QED) is 0.781. The van der Waals surface area contributed by atoms with Crippen LogP contribution in [0.2, 0.25) is 0 Å². The largest absolute Gasteiger partial charge is 0.337 e. The molecule has 0 radical (unpaired) electrons. The molecule has 0 fully saturated rings. The van der Waals surface area contributed by atoms with Crippen LogP contribution in [0.25, 0.3) is 0 Å². The van der Waals surface area contributed by atoms with E-state index < -0.39 is 0 Å². The zero-order valence-corrected chi connectivity index (χ0v) is 12.2. The van der Waals surface area contributed by atoms with Crippen molar-refractivity contribution >= 4 is 5.91 Å². The van der Waals surface area contributed by atoms with Crippen LogP contribution in [-0.2, 0) is 11.3 Å². The lowest BCUT2D eigenvalue weighted by molar-refractivity contribution is -0.135. The molecule has 1 amide bonds. The third-order valence-electron chi connectivity index (χ3n) is 3.02. The Morgan fingerprint density at radius 3 is 3.00 bits per heavy atom. The van der Waals surface area contributed by atoms with E-state index in [0.29, 0.717) is 26.1 Å². The summed E-state index contributed by atoms with van der Waals surface area (Å²) < 4.78 is 0. The lowest BCUT2D eigenvalue weighted by Crippen LogP contribution is -2.39. The Balaban J connectivity index is 2.68. The smallest absolute Gasteiger partial charge is 0.227 e. The van der Waals surface area contributed by atoms with Crippen LogP contribution in [0.15, 0.2) is 24.5 Å².